The van der Waals surface area contributed by atoms with Crippen molar-refractivity contribution in [3.63, 3.8) is 0 Å². The highest BCUT2D eigenvalue weighted by atomic mass is 32.1. The van der Waals surface area contributed by atoms with Crippen molar-refractivity contribution in [2.75, 3.05) is 70.6 Å². The Morgan fingerprint density at radius 3 is 0.952 bits per heavy atom. The van der Waals surface area contributed by atoms with Gasteiger partial charge in [0.05, 0.1) is 39.3 Å². The average molecular weight is 2090 g/mol. The second kappa shape index (κ2) is 66.8. The number of primary amides is 1. The van der Waals surface area contributed by atoms with Gasteiger partial charge in [0, 0.05) is 56.7 Å². The SMILES string of the molecule is C[C@H](NC(=O)[C@H](CCCCN)NC(=O)[C@H](Cc1ccc(O)cc1)NC(=O)[C@H](CCCNC(=N)N)NC(=O)[C@H](CCCCN)NC(=O)[C@H](CO)NC(=O)CN)C(=O)N[C@@H](CC(N)=O)C(=O)N[C@@H](Cc1ccc(O)cc1)C(=O)N[C@@H](CS)C(=O)N[C@@H](CO)C(=O)NCC(=O)N[C@@H](CCC(=O)O)C(=O)N[C@@H](CS)C(=O)N[C@@H](CCC(=O)O)C(=O)N[C@@H](Cc1ccccc1)C(=O)N[C@@H](CCCNC(=N)N)C(=O)N[C@@H](CO)C(=O)O. The molecule has 0 saturated carbocycles. The summed E-state index contributed by atoms with van der Waals surface area (Å²) in [5.41, 5.74) is 34.3. The third kappa shape index (κ3) is 48.2. The second-order valence-corrected chi connectivity index (χ2v) is 33.7. The van der Waals surface area contributed by atoms with Gasteiger partial charge in [-0.05, 0) is 138 Å². The van der Waals surface area contributed by atoms with Crippen LogP contribution in [0.25, 0.3) is 0 Å². The van der Waals surface area contributed by atoms with Crippen LogP contribution in [-0.4, -0.2) is 344 Å². The predicted molar refractivity (Wildman–Crippen MR) is 521 cm³/mol. The fourth-order valence-corrected chi connectivity index (χ4v) is 14.0. The van der Waals surface area contributed by atoms with E-state index in [4.69, 9.17) is 45.2 Å². The van der Waals surface area contributed by atoms with E-state index in [9.17, 15) is 142 Å². The number of aliphatic carboxylic acids is 3. The second-order valence-electron chi connectivity index (χ2n) is 32.9. The fraction of sp³-hybridized carbons (Fsp3) is 0.529. The molecule has 56 nitrogen and oxygen atoms in total. The highest BCUT2D eigenvalue weighted by molar-refractivity contribution is 7.80. The molecule has 16 atom stereocenters. The minimum Gasteiger partial charge on any atom is -0.508 e. The van der Waals surface area contributed by atoms with E-state index in [-0.39, 0.29) is 114 Å². The molecule has 0 spiro atoms. The topological polar surface area (TPSA) is 953 Å². The van der Waals surface area contributed by atoms with Gasteiger partial charge in [-0.3, -0.25) is 107 Å². The highest BCUT2D eigenvalue weighted by Gasteiger charge is 2.40. The van der Waals surface area contributed by atoms with E-state index in [1.54, 1.807) is 30.3 Å². The van der Waals surface area contributed by atoms with Crippen molar-refractivity contribution in [1.82, 2.24) is 101 Å². The van der Waals surface area contributed by atoms with Gasteiger partial charge in [-0.25, -0.2) is 4.79 Å². The first kappa shape index (κ1) is 124. The van der Waals surface area contributed by atoms with E-state index >= 15 is 0 Å². The number of thiol groups is 2. The molecule has 0 heterocycles. The number of aromatic hydroxyl groups is 2. The van der Waals surface area contributed by atoms with E-state index in [1.165, 1.54) is 48.5 Å². The Morgan fingerprint density at radius 1 is 0.317 bits per heavy atom. The number of carboxylic acid groups (broad SMARTS) is 3. The first-order valence-electron chi connectivity index (χ1n) is 45.7. The largest absolute Gasteiger partial charge is 0.508 e. The number of guanidine groups is 2. The Labute approximate surface area is 842 Å². The van der Waals surface area contributed by atoms with E-state index in [1.807, 2.05) is 0 Å². The molecule has 3 aromatic carbocycles. The Kier molecular flexibility index (Phi) is 57.3. The normalized spacial score (nSPS) is 14.2. The number of benzene rings is 3. The van der Waals surface area contributed by atoms with Crippen LogP contribution in [0.5, 0.6) is 11.5 Å². The molecule has 0 saturated heterocycles. The molecule has 0 bridgehead atoms. The molecule has 145 heavy (non-hydrogen) atoms. The van der Waals surface area contributed by atoms with E-state index in [0.29, 0.717) is 17.5 Å². The molecule has 0 radical (unpaired) electrons. The van der Waals surface area contributed by atoms with Crippen molar-refractivity contribution in [2.45, 2.75) is 219 Å². The first-order chi connectivity index (χ1) is 68.7. The summed E-state index contributed by atoms with van der Waals surface area (Å²) >= 11 is 8.31. The molecular weight excluding hydrogens is 1950 g/mol. The molecular formula is C87H133N27O29S2. The van der Waals surface area contributed by atoms with Crippen molar-refractivity contribution in [2.24, 2.45) is 34.4 Å². The van der Waals surface area contributed by atoms with Crippen LogP contribution in [-0.2, 0) is 120 Å². The smallest absolute Gasteiger partial charge is 0.328 e. The number of aliphatic hydroxyl groups excluding tert-OH is 3. The number of hydrogen-bond donors (Lipinski definition) is 37. The molecule has 0 fully saturated rings. The summed E-state index contributed by atoms with van der Waals surface area (Å²) in [5, 5.41) is 139. The predicted octanol–water partition coefficient (Wildman–Crippen LogP) is -12.7. The van der Waals surface area contributed by atoms with Gasteiger partial charge in [-0.2, -0.15) is 25.3 Å². The van der Waals surface area contributed by atoms with E-state index < -0.39 is 316 Å². The molecule has 0 unspecified atom stereocenters. The zero-order chi connectivity index (χ0) is 109. The van der Waals surface area contributed by atoms with Gasteiger partial charge in [0.15, 0.2) is 11.9 Å². The summed E-state index contributed by atoms with van der Waals surface area (Å²) in [6.45, 7) is -3.51. The summed E-state index contributed by atoms with van der Waals surface area (Å²) in [5.74, 6) is -27.7. The third-order valence-electron chi connectivity index (χ3n) is 21.4. The maximum Gasteiger partial charge on any atom is 0.328 e. The molecule has 0 aliphatic heterocycles. The lowest BCUT2D eigenvalue weighted by Gasteiger charge is -2.28. The van der Waals surface area contributed by atoms with Crippen molar-refractivity contribution >= 4 is 161 Å². The van der Waals surface area contributed by atoms with Crippen molar-refractivity contribution in [3.05, 3.63) is 95.6 Å². The lowest BCUT2D eigenvalue weighted by Crippen LogP contribution is -2.61. The van der Waals surface area contributed by atoms with Crippen LogP contribution in [0.1, 0.15) is 120 Å². The van der Waals surface area contributed by atoms with Gasteiger partial charge in [0.2, 0.25) is 106 Å². The van der Waals surface area contributed by atoms with Crippen LogP contribution in [0.3, 0.4) is 0 Å². The van der Waals surface area contributed by atoms with E-state index in [0.717, 1.165) is 6.92 Å². The Hall–Kier alpha value is -14.9. The van der Waals surface area contributed by atoms with Gasteiger partial charge < -0.3 is 176 Å². The van der Waals surface area contributed by atoms with Crippen LogP contribution in [0.15, 0.2) is 78.9 Å². The number of carbonyl (C=O) groups is 21. The number of nitrogens with one attached hydrogen (secondary N) is 21. The summed E-state index contributed by atoms with van der Waals surface area (Å²) in [6.07, 6.45) is -4.90. The maximum atomic E-state index is 14.8. The zero-order valence-corrected chi connectivity index (χ0v) is 81.0. The van der Waals surface area contributed by atoms with Gasteiger partial charge >= 0.3 is 17.9 Å². The first-order valence-corrected chi connectivity index (χ1v) is 47.0. The zero-order valence-electron chi connectivity index (χ0n) is 79.3. The number of unbranched alkanes of at least 4 members (excludes halogenated alkanes) is 2. The third-order valence-corrected chi connectivity index (χ3v) is 22.1. The number of hydrogen-bond acceptors (Lipinski definition) is 33. The molecule has 41 N–H and O–H groups in total. The number of carboxylic acids is 3. The van der Waals surface area contributed by atoms with Crippen molar-refractivity contribution in [1.29, 1.82) is 10.8 Å². The van der Waals surface area contributed by atoms with Crippen LogP contribution in [0.4, 0.5) is 0 Å². The summed E-state index contributed by atoms with van der Waals surface area (Å²) < 4.78 is 0. The average Bonchev–Trinajstić information content (AvgIpc) is 0.850. The number of carbonyl (C=O) groups excluding carboxylic acids is 18. The maximum absolute atomic E-state index is 14.8. The molecule has 3 rings (SSSR count). The monoisotopic (exact) mass is 2080 g/mol. The number of phenols is 2. The molecule has 3 aromatic rings. The van der Waals surface area contributed by atoms with Crippen LogP contribution in [0, 0.1) is 10.8 Å². The van der Waals surface area contributed by atoms with Crippen molar-refractivity contribution < 1.29 is 142 Å². The number of rotatable bonds is 70. The van der Waals surface area contributed by atoms with Gasteiger partial charge in [-0.1, -0.05) is 54.6 Å². The Bertz CT molecular complexity index is 4890. The Balaban J connectivity index is 1.89. The summed E-state index contributed by atoms with van der Waals surface area (Å²) in [4.78, 5) is 286. The van der Waals surface area contributed by atoms with E-state index in [2.05, 4.69) is 126 Å². The van der Waals surface area contributed by atoms with Crippen molar-refractivity contribution in [3.8, 4) is 11.5 Å². The number of aliphatic hydroxyl groups is 3. The van der Waals surface area contributed by atoms with Crippen LogP contribution < -0.4 is 135 Å². The van der Waals surface area contributed by atoms with Gasteiger partial charge in [0.1, 0.15) is 108 Å². The lowest BCUT2D eigenvalue weighted by atomic mass is 10.0. The molecule has 18 amide bonds. The molecule has 0 aliphatic rings. The Morgan fingerprint density at radius 2 is 0.607 bits per heavy atom. The molecule has 0 aliphatic carbocycles. The quantitative estimate of drug-likeness (QED) is 0.0108. The minimum absolute atomic E-state index is 0.0174. The van der Waals surface area contributed by atoms with Crippen LogP contribution in [0.2, 0.25) is 0 Å². The molecule has 0 aromatic heterocycles. The lowest BCUT2D eigenvalue weighted by molar-refractivity contribution is -0.143. The standard InChI is InChI=1S/C87H133N27O29S2/c1-44(99-72(129)50(13-5-7-29-88)103-79(136)57(34-46-17-21-48(118)22-18-46)108-74(131)52(15-9-31-96-86(92)93)102-73(130)51(14-6-8-30-89)105-82(139)61(40-116)101-66(121)37-90)70(127)107-59(36-65(91)120)81(138)110-58(35-47-19-23-49(119)24-20-47)80(137)114-64(43-145)84(141)111-60(39-115)71(128)98-38-67(122)100-54(25-27-68(123)124)76(133)113-63(42-144)83(140)106-55(26-28-69(125)126)77(134)109-56(33-45-11-3-2-4-12-45)78(135)104-53(16-10-32-97-87(94)95)75(132)112-62(41-117)85(142)143/h2-4,11-12,17-24,44,50-64,115-119,144-145H,5-10,13-16,25-43,88-90H2,1H3,(H2,91,120)(H,98,128)(H,99,129)(H,100,122)(H,101,121)(H,102,130)(H,103,136)(H,104,135)(H,105,139)(H,106,140)(H,107,127)(H,108,131)(H,109,134)(H,110,138)(H,111,141)(H,112,132)(H,113,133)(H,114,137)(H,123,124)(H,125,126)(H,142,143)(H4,92,93,96)(H4,94,95,97)/t44-,50-,51-,52-,53-,54-,55-,56-,57-,58-,59-,60-,61-,62-,63-,64-/m0/s1. The summed E-state index contributed by atoms with van der Waals surface area (Å²) in [7, 11) is 0. The number of phenolic OH excluding ortho intramolecular Hbond substituents is 2. The number of nitrogens with two attached hydrogens (primary N) is 6. The fourth-order valence-electron chi connectivity index (χ4n) is 13.5. The van der Waals surface area contributed by atoms with Gasteiger partial charge in [0.25, 0.3) is 0 Å². The minimum atomic E-state index is -1.99. The highest BCUT2D eigenvalue weighted by Crippen LogP contribution is 2.18. The molecule has 802 valence electrons. The number of amides is 18. The van der Waals surface area contributed by atoms with Crippen LogP contribution >= 0.6 is 25.3 Å². The summed E-state index contributed by atoms with van der Waals surface area (Å²) in [6, 6.07) is -9.38. The van der Waals surface area contributed by atoms with Gasteiger partial charge in [-0.15, -0.1) is 0 Å². The molecule has 58 heteroatoms.